The molecule has 0 aliphatic rings. The Bertz CT molecular complexity index is 1160. The third-order valence-corrected chi connectivity index (χ3v) is 4.87. The van der Waals surface area contributed by atoms with Gasteiger partial charge in [-0.05, 0) is 43.7 Å². The summed E-state index contributed by atoms with van der Waals surface area (Å²) in [6.45, 7) is 8.53. The third-order valence-electron chi connectivity index (χ3n) is 4.71. The summed E-state index contributed by atoms with van der Waals surface area (Å²) >= 11 is 5.72. The van der Waals surface area contributed by atoms with Crippen molar-refractivity contribution in [3.05, 3.63) is 47.9 Å². The van der Waals surface area contributed by atoms with Crippen LogP contribution in [0.1, 0.15) is 25.1 Å². The van der Waals surface area contributed by atoms with Crippen LogP contribution in [0.5, 0.6) is 23.1 Å². The largest absolute Gasteiger partial charge is 0.493 e. The number of ether oxygens (including phenoxy) is 3. The predicted octanol–water partition coefficient (Wildman–Crippen LogP) is 6.17. The molecule has 0 atom stereocenters. The average molecular weight is 428 g/mol. The van der Waals surface area contributed by atoms with E-state index < -0.39 is 0 Å². The highest BCUT2D eigenvalue weighted by atomic mass is 35.5. The van der Waals surface area contributed by atoms with Crippen molar-refractivity contribution in [1.29, 1.82) is 0 Å². The van der Waals surface area contributed by atoms with Gasteiger partial charge in [0.2, 0.25) is 5.88 Å². The zero-order chi connectivity index (χ0) is 21.7. The molecule has 1 N–H and O–H groups in total. The molecule has 0 amide bonds. The van der Waals surface area contributed by atoms with Crippen LogP contribution in [0.4, 0.5) is 0 Å². The Hall–Kier alpha value is -2.99. The lowest BCUT2D eigenvalue weighted by Gasteiger charge is -2.13. The van der Waals surface area contributed by atoms with E-state index in [1.54, 1.807) is 13.2 Å². The van der Waals surface area contributed by atoms with Gasteiger partial charge < -0.3 is 19.2 Å². The fourth-order valence-corrected chi connectivity index (χ4v) is 3.24. The first kappa shape index (κ1) is 21.7. The smallest absolute Gasteiger partial charge is 0.230 e. The summed E-state index contributed by atoms with van der Waals surface area (Å²) in [6, 6.07) is 9.56. The molecule has 2 heterocycles. The number of aromatic amines is 1. The highest BCUT2D eigenvalue weighted by Crippen LogP contribution is 2.36. The van der Waals surface area contributed by atoms with Crippen LogP contribution in [-0.2, 0) is 0 Å². The zero-order valence-electron chi connectivity index (χ0n) is 17.9. The molecule has 0 unspecified atom stereocenters. The monoisotopic (exact) mass is 427 g/mol. The molecule has 0 saturated heterocycles. The van der Waals surface area contributed by atoms with Gasteiger partial charge in [0.15, 0.2) is 11.5 Å². The normalized spacial score (nSPS) is 10.6. The minimum absolute atomic E-state index is 0.382. The minimum Gasteiger partial charge on any atom is -0.493 e. The van der Waals surface area contributed by atoms with Crippen molar-refractivity contribution in [3.8, 4) is 23.1 Å². The number of nitrogens with zero attached hydrogens (tertiary/aromatic N) is 2. The molecule has 4 aromatic rings. The molecular formula is C23H26ClN3O3. The van der Waals surface area contributed by atoms with Gasteiger partial charge in [-0.15, -0.1) is 11.6 Å². The Morgan fingerprint density at radius 2 is 1.80 bits per heavy atom. The molecule has 6 nitrogen and oxygen atoms in total. The van der Waals surface area contributed by atoms with E-state index in [1.165, 1.54) is 11.9 Å². The first-order valence-corrected chi connectivity index (χ1v) is 10.4. The van der Waals surface area contributed by atoms with Crippen LogP contribution in [0.25, 0.3) is 21.8 Å². The lowest BCUT2D eigenvalue weighted by Crippen LogP contribution is -2.01. The molecule has 0 fully saturated rings. The number of rotatable bonds is 6. The van der Waals surface area contributed by atoms with Gasteiger partial charge in [0.05, 0.1) is 23.9 Å². The summed E-state index contributed by atoms with van der Waals surface area (Å²) in [5.74, 6) is 2.71. The third kappa shape index (κ3) is 4.28. The molecule has 0 aliphatic carbocycles. The van der Waals surface area contributed by atoms with Crippen molar-refractivity contribution in [3.63, 3.8) is 0 Å². The number of aromatic nitrogens is 3. The first-order valence-electron chi connectivity index (χ1n) is 9.89. The van der Waals surface area contributed by atoms with E-state index in [2.05, 4.69) is 28.8 Å². The van der Waals surface area contributed by atoms with Gasteiger partial charge in [0.1, 0.15) is 18.7 Å². The fraction of sp³-hybridized carbons (Fsp3) is 0.304. The summed E-state index contributed by atoms with van der Waals surface area (Å²) in [5.41, 5.74) is 4.13. The van der Waals surface area contributed by atoms with E-state index in [9.17, 15) is 0 Å². The number of hydrogen-bond acceptors (Lipinski definition) is 5. The maximum Gasteiger partial charge on any atom is 0.230 e. The number of aryl methyl sites for hydroxylation is 2. The van der Waals surface area contributed by atoms with Crippen molar-refractivity contribution in [2.24, 2.45) is 0 Å². The van der Waals surface area contributed by atoms with Crippen LogP contribution in [0.15, 0.2) is 36.7 Å². The molecule has 0 radical (unpaired) electrons. The average Bonchev–Trinajstić information content (AvgIpc) is 3.06. The quantitative estimate of drug-likeness (QED) is 0.372. The van der Waals surface area contributed by atoms with E-state index >= 15 is 0 Å². The second kappa shape index (κ2) is 9.67. The van der Waals surface area contributed by atoms with E-state index in [0.29, 0.717) is 41.1 Å². The number of methoxy groups -OCH3 is 1. The molecule has 4 rings (SSSR count). The van der Waals surface area contributed by atoms with Crippen LogP contribution >= 0.6 is 11.6 Å². The van der Waals surface area contributed by atoms with Crippen LogP contribution in [0.2, 0.25) is 0 Å². The maximum atomic E-state index is 6.10. The van der Waals surface area contributed by atoms with Crippen LogP contribution in [0.3, 0.4) is 0 Å². The highest BCUT2D eigenvalue weighted by molar-refractivity contribution is 6.18. The Morgan fingerprint density at radius 3 is 2.53 bits per heavy atom. The Kier molecular flexibility index (Phi) is 7.00. The lowest BCUT2D eigenvalue weighted by molar-refractivity contribution is 0.313. The van der Waals surface area contributed by atoms with E-state index in [0.717, 1.165) is 22.0 Å². The van der Waals surface area contributed by atoms with Gasteiger partial charge in [-0.1, -0.05) is 13.8 Å². The Balaban J connectivity index is 0.00000124. The predicted molar refractivity (Wildman–Crippen MR) is 121 cm³/mol. The number of alkyl halides is 1. The lowest BCUT2D eigenvalue weighted by atomic mass is 10.1. The van der Waals surface area contributed by atoms with Gasteiger partial charge >= 0.3 is 0 Å². The Morgan fingerprint density at radius 1 is 1.00 bits per heavy atom. The van der Waals surface area contributed by atoms with Crippen molar-refractivity contribution in [2.75, 3.05) is 19.6 Å². The molecular weight excluding hydrogens is 402 g/mol. The van der Waals surface area contributed by atoms with Gasteiger partial charge in [0, 0.05) is 22.7 Å². The molecule has 7 heteroatoms. The number of benzene rings is 2. The second-order valence-electron chi connectivity index (χ2n) is 6.42. The molecule has 2 aromatic heterocycles. The van der Waals surface area contributed by atoms with Crippen LogP contribution in [0, 0.1) is 13.8 Å². The summed E-state index contributed by atoms with van der Waals surface area (Å²) < 4.78 is 17.2. The van der Waals surface area contributed by atoms with Crippen molar-refractivity contribution in [1.82, 2.24) is 15.0 Å². The van der Waals surface area contributed by atoms with Gasteiger partial charge in [-0.2, -0.15) is 0 Å². The maximum absolute atomic E-state index is 6.10. The highest BCUT2D eigenvalue weighted by Gasteiger charge is 2.14. The molecule has 158 valence electrons. The molecule has 0 saturated carbocycles. The molecule has 0 aliphatic heterocycles. The fourth-order valence-electron chi connectivity index (χ4n) is 3.16. The topological polar surface area (TPSA) is 69.3 Å². The van der Waals surface area contributed by atoms with Crippen molar-refractivity contribution in [2.45, 2.75) is 27.7 Å². The van der Waals surface area contributed by atoms with E-state index in [-0.39, 0.29) is 0 Å². The van der Waals surface area contributed by atoms with Crippen molar-refractivity contribution < 1.29 is 14.2 Å². The number of hydrogen-bond donors (Lipinski definition) is 1. The molecule has 2 aromatic carbocycles. The van der Waals surface area contributed by atoms with Gasteiger partial charge in [-0.25, -0.2) is 9.97 Å². The van der Waals surface area contributed by atoms with Crippen LogP contribution in [-0.4, -0.2) is 34.5 Å². The molecule has 0 spiro atoms. The summed E-state index contributed by atoms with van der Waals surface area (Å²) in [5, 5.41) is 1.86. The number of halogens is 1. The zero-order valence-corrected chi connectivity index (χ0v) is 18.6. The van der Waals surface area contributed by atoms with E-state index in [1.807, 2.05) is 38.1 Å². The second-order valence-corrected chi connectivity index (χ2v) is 6.80. The number of H-pyrrole nitrogens is 1. The molecule has 30 heavy (non-hydrogen) atoms. The summed E-state index contributed by atoms with van der Waals surface area (Å²) in [4.78, 5) is 12.0. The van der Waals surface area contributed by atoms with Gasteiger partial charge in [0.25, 0.3) is 0 Å². The van der Waals surface area contributed by atoms with E-state index in [4.69, 9.17) is 25.8 Å². The SMILES string of the molecule is CC.COc1cc2c(Oc3ccc4[nH]c(C)c(C)c4c3)ncnc2cc1OCCCl. The summed E-state index contributed by atoms with van der Waals surface area (Å²) in [6.07, 6.45) is 1.47. The summed E-state index contributed by atoms with van der Waals surface area (Å²) in [7, 11) is 1.59. The number of fused-ring (bicyclic) bond motifs is 2. The number of nitrogens with one attached hydrogen (secondary N) is 1. The minimum atomic E-state index is 0.382. The van der Waals surface area contributed by atoms with Gasteiger partial charge in [-0.3, -0.25) is 0 Å². The van der Waals surface area contributed by atoms with Crippen molar-refractivity contribution >= 4 is 33.4 Å². The molecule has 0 bridgehead atoms. The first-order chi connectivity index (χ1) is 14.6. The Labute approximate surface area is 181 Å². The van der Waals surface area contributed by atoms with Crippen LogP contribution < -0.4 is 14.2 Å². The standard InChI is InChI=1S/C21H20ClN3O3.C2H6/c1-12-13(2)25-17-5-4-14(8-15(12)17)28-21-16-9-19(26-3)20(27-7-6-22)10-18(16)23-11-24-21;1-2/h4-5,8-11,25H,6-7H2,1-3H3;1-2H3.